The minimum absolute atomic E-state index is 0.0464. The smallest absolute Gasteiger partial charge is 0.307 e. The Morgan fingerprint density at radius 2 is 1.74 bits per heavy atom. The van der Waals surface area contributed by atoms with E-state index in [0.29, 0.717) is 12.0 Å². The molecular formula is C16H14O3. The highest BCUT2D eigenvalue weighted by Crippen LogP contribution is 2.41. The Hall–Kier alpha value is -2.16. The van der Waals surface area contributed by atoms with Gasteiger partial charge in [0.2, 0.25) is 0 Å². The molecule has 0 saturated heterocycles. The molecule has 96 valence electrons. The number of benzene rings is 2. The molecule has 3 rings (SSSR count). The maximum absolute atomic E-state index is 12.2. The Balaban J connectivity index is 1.92. The van der Waals surface area contributed by atoms with Gasteiger partial charge in [0.05, 0.1) is 5.92 Å². The fourth-order valence-corrected chi connectivity index (χ4v) is 2.49. The van der Waals surface area contributed by atoms with Crippen LogP contribution in [-0.4, -0.2) is 16.9 Å². The molecule has 1 saturated carbocycles. The highest BCUT2D eigenvalue weighted by Gasteiger charge is 2.48. The predicted octanol–water partition coefficient (Wildman–Crippen LogP) is 3.05. The minimum atomic E-state index is -0.866. The number of carboxylic acid groups (broad SMARTS) is 1. The molecule has 0 radical (unpaired) electrons. The van der Waals surface area contributed by atoms with Crippen LogP contribution >= 0.6 is 0 Å². The lowest BCUT2D eigenvalue weighted by Gasteiger charge is -2.03. The van der Waals surface area contributed by atoms with E-state index in [1.165, 1.54) is 5.56 Å². The summed E-state index contributed by atoms with van der Waals surface area (Å²) in [6.45, 7) is 2.03. The lowest BCUT2D eigenvalue weighted by atomic mass is 10.0. The molecule has 2 atom stereocenters. The molecular weight excluding hydrogens is 240 g/mol. The van der Waals surface area contributed by atoms with Crippen molar-refractivity contribution in [2.45, 2.75) is 13.3 Å². The predicted molar refractivity (Wildman–Crippen MR) is 72.2 cm³/mol. The number of aryl methyl sites for hydroxylation is 1. The zero-order chi connectivity index (χ0) is 13.6. The van der Waals surface area contributed by atoms with Gasteiger partial charge >= 0.3 is 5.97 Å². The first-order chi connectivity index (χ1) is 9.06. The molecule has 0 heterocycles. The maximum atomic E-state index is 12.2. The van der Waals surface area contributed by atoms with Crippen molar-refractivity contribution in [3.63, 3.8) is 0 Å². The van der Waals surface area contributed by atoms with Crippen molar-refractivity contribution < 1.29 is 14.7 Å². The molecule has 2 aromatic carbocycles. The van der Waals surface area contributed by atoms with E-state index < -0.39 is 11.9 Å². The number of fused-ring (bicyclic) bond motifs is 1. The quantitative estimate of drug-likeness (QED) is 0.856. The van der Waals surface area contributed by atoms with E-state index >= 15 is 0 Å². The second-order valence-electron chi connectivity index (χ2n) is 5.22. The number of ketones is 1. The summed E-state index contributed by atoms with van der Waals surface area (Å²) < 4.78 is 0. The van der Waals surface area contributed by atoms with Crippen molar-refractivity contribution in [1.29, 1.82) is 0 Å². The summed E-state index contributed by atoms with van der Waals surface area (Å²) in [7, 11) is 0. The Kier molecular flexibility index (Phi) is 2.63. The number of rotatable bonds is 3. The third-order valence-electron chi connectivity index (χ3n) is 3.72. The monoisotopic (exact) mass is 254 g/mol. The van der Waals surface area contributed by atoms with Crippen LogP contribution in [0.4, 0.5) is 0 Å². The fourth-order valence-electron chi connectivity index (χ4n) is 2.49. The van der Waals surface area contributed by atoms with Crippen LogP contribution < -0.4 is 0 Å². The summed E-state index contributed by atoms with van der Waals surface area (Å²) in [6, 6.07) is 11.6. The Labute approximate surface area is 110 Å². The zero-order valence-corrected chi connectivity index (χ0v) is 10.6. The third kappa shape index (κ3) is 2.12. The second kappa shape index (κ2) is 4.19. The van der Waals surface area contributed by atoms with Gasteiger partial charge in [0.1, 0.15) is 0 Å². The zero-order valence-electron chi connectivity index (χ0n) is 10.6. The highest BCUT2D eigenvalue weighted by molar-refractivity contribution is 6.05. The van der Waals surface area contributed by atoms with E-state index in [1.54, 1.807) is 6.07 Å². The molecule has 0 spiro atoms. The van der Waals surface area contributed by atoms with E-state index in [-0.39, 0.29) is 11.7 Å². The van der Waals surface area contributed by atoms with Gasteiger partial charge in [-0.3, -0.25) is 9.59 Å². The average Bonchev–Trinajstić information content (AvgIpc) is 3.17. The molecule has 1 aliphatic rings. The summed E-state index contributed by atoms with van der Waals surface area (Å²) in [5.74, 6) is -1.73. The number of carbonyl (C=O) groups excluding carboxylic acids is 1. The molecule has 3 nitrogen and oxygen atoms in total. The largest absolute Gasteiger partial charge is 0.481 e. The average molecular weight is 254 g/mol. The molecule has 2 unspecified atom stereocenters. The van der Waals surface area contributed by atoms with E-state index in [4.69, 9.17) is 5.11 Å². The van der Waals surface area contributed by atoms with Gasteiger partial charge in [-0.25, -0.2) is 0 Å². The first kappa shape index (κ1) is 11.9. The Bertz CT molecular complexity index is 687. The lowest BCUT2D eigenvalue weighted by Crippen LogP contribution is -2.08. The van der Waals surface area contributed by atoms with Gasteiger partial charge in [0.15, 0.2) is 5.78 Å². The summed E-state index contributed by atoms with van der Waals surface area (Å²) in [5.41, 5.74) is 1.80. The van der Waals surface area contributed by atoms with Gasteiger partial charge in [-0.05, 0) is 30.2 Å². The number of Topliss-reactive ketones (excluding diaryl/α,β-unsaturated/α-hetero) is 1. The number of carbonyl (C=O) groups is 2. The molecule has 1 N–H and O–H groups in total. The van der Waals surface area contributed by atoms with Crippen LogP contribution in [0, 0.1) is 18.8 Å². The molecule has 1 aliphatic carbocycles. The van der Waals surface area contributed by atoms with Crippen LogP contribution in [0.1, 0.15) is 22.3 Å². The number of hydrogen-bond donors (Lipinski definition) is 1. The third-order valence-corrected chi connectivity index (χ3v) is 3.72. The normalized spacial score (nSPS) is 21.3. The van der Waals surface area contributed by atoms with Gasteiger partial charge in [-0.15, -0.1) is 0 Å². The van der Waals surface area contributed by atoms with Crippen LogP contribution in [0.15, 0.2) is 36.4 Å². The topological polar surface area (TPSA) is 54.4 Å². The second-order valence-corrected chi connectivity index (χ2v) is 5.22. The van der Waals surface area contributed by atoms with Crippen molar-refractivity contribution in [2.75, 3.05) is 0 Å². The van der Waals surface area contributed by atoms with Crippen LogP contribution in [0.3, 0.4) is 0 Å². The number of carboxylic acids is 1. The van der Waals surface area contributed by atoms with Gasteiger partial charge < -0.3 is 5.11 Å². The molecule has 1 fully saturated rings. The van der Waals surface area contributed by atoms with Crippen molar-refractivity contribution in [2.24, 2.45) is 11.8 Å². The fraction of sp³-hybridized carbons (Fsp3) is 0.250. The van der Waals surface area contributed by atoms with Crippen LogP contribution in [0.2, 0.25) is 0 Å². The molecule has 19 heavy (non-hydrogen) atoms. The SMILES string of the molecule is Cc1ccc2cc(C(=O)C3CC3C(=O)O)ccc2c1. The van der Waals surface area contributed by atoms with Crippen molar-refractivity contribution in [1.82, 2.24) is 0 Å². The Morgan fingerprint density at radius 1 is 1.05 bits per heavy atom. The van der Waals surface area contributed by atoms with Crippen LogP contribution in [0.5, 0.6) is 0 Å². The van der Waals surface area contributed by atoms with Crippen molar-refractivity contribution in [3.8, 4) is 0 Å². The molecule has 3 heteroatoms. The molecule has 0 bridgehead atoms. The van der Waals surface area contributed by atoms with Gasteiger partial charge in [-0.2, -0.15) is 0 Å². The van der Waals surface area contributed by atoms with Gasteiger partial charge in [-0.1, -0.05) is 35.9 Å². The van der Waals surface area contributed by atoms with Gasteiger partial charge in [0, 0.05) is 11.5 Å². The maximum Gasteiger partial charge on any atom is 0.307 e. The molecule has 2 aromatic rings. The first-order valence-electron chi connectivity index (χ1n) is 6.34. The molecule has 0 amide bonds. The highest BCUT2D eigenvalue weighted by atomic mass is 16.4. The Morgan fingerprint density at radius 3 is 2.42 bits per heavy atom. The van der Waals surface area contributed by atoms with Crippen molar-refractivity contribution in [3.05, 3.63) is 47.5 Å². The summed E-state index contributed by atoms with van der Waals surface area (Å²) in [5, 5.41) is 11.0. The minimum Gasteiger partial charge on any atom is -0.481 e. The van der Waals surface area contributed by atoms with E-state index in [1.807, 2.05) is 31.2 Å². The van der Waals surface area contributed by atoms with Gasteiger partial charge in [0.25, 0.3) is 0 Å². The number of hydrogen-bond acceptors (Lipinski definition) is 2. The summed E-state index contributed by atoms with van der Waals surface area (Å²) in [4.78, 5) is 23.0. The summed E-state index contributed by atoms with van der Waals surface area (Å²) >= 11 is 0. The van der Waals surface area contributed by atoms with E-state index in [2.05, 4.69) is 6.07 Å². The first-order valence-corrected chi connectivity index (χ1v) is 6.34. The molecule has 0 aliphatic heterocycles. The van der Waals surface area contributed by atoms with Crippen LogP contribution in [-0.2, 0) is 4.79 Å². The van der Waals surface area contributed by atoms with Crippen molar-refractivity contribution >= 4 is 22.5 Å². The number of aliphatic carboxylic acids is 1. The molecule has 0 aromatic heterocycles. The van der Waals surface area contributed by atoms with E-state index in [0.717, 1.165) is 10.8 Å². The lowest BCUT2D eigenvalue weighted by molar-refractivity contribution is -0.138. The standard InChI is InChI=1S/C16H14O3/c1-9-2-3-11-7-12(5-4-10(11)6-9)15(17)13-8-14(13)16(18)19/h2-7,13-14H,8H2,1H3,(H,18,19). The van der Waals surface area contributed by atoms with E-state index in [9.17, 15) is 9.59 Å². The van der Waals surface area contributed by atoms with Crippen LogP contribution in [0.25, 0.3) is 10.8 Å². The summed E-state index contributed by atoms with van der Waals surface area (Å²) in [6.07, 6.45) is 0.472.